The van der Waals surface area contributed by atoms with Gasteiger partial charge in [0.25, 0.3) is 0 Å². The lowest BCUT2D eigenvalue weighted by atomic mass is 9.76. The topological polar surface area (TPSA) is 71.8 Å². The van der Waals surface area contributed by atoms with Gasteiger partial charge in [0, 0.05) is 24.7 Å². The van der Waals surface area contributed by atoms with Gasteiger partial charge in [0.2, 0.25) is 5.91 Å². The molecule has 7 heteroatoms. The second-order valence-corrected chi connectivity index (χ2v) is 7.91. The zero-order valence-electron chi connectivity index (χ0n) is 16.3. The maximum Gasteiger partial charge on any atom is 0.241 e. The highest BCUT2D eigenvalue weighted by Gasteiger charge is 2.33. The van der Waals surface area contributed by atoms with E-state index >= 15 is 0 Å². The van der Waals surface area contributed by atoms with Crippen LogP contribution in [-0.2, 0) is 18.4 Å². The van der Waals surface area contributed by atoms with Crippen molar-refractivity contribution in [2.24, 2.45) is 7.05 Å². The summed E-state index contributed by atoms with van der Waals surface area (Å²) in [4.78, 5) is 14.6. The van der Waals surface area contributed by atoms with Gasteiger partial charge in [-0.1, -0.05) is 54.1 Å². The number of nitrogens with one attached hydrogen (secondary N) is 2. The van der Waals surface area contributed by atoms with Crippen molar-refractivity contribution in [2.75, 3.05) is 0 Å². The third kappa shape index (κ3) is 4.83. The molecule has 0 aliphatic heterocycles. The van der Waals surface area contributed by atoms with E-state index in [2.05, 4.69) is 45.1 Å². The van der Waals surface area contributed by atoms with Gasteiger partial charge in [0.1, 0.15) is 6.04 Å². The van der Waals surface area contributed by atoms with E-state index < -0.39 is 6.04 Å². The van der Waals surface area contributed by atoms with Crippen LogP contribution >= 0.6 is 11.6 Å². The van der Waals surface area contributed by atoms with E-state index in [1.165, 1.54) is 10.4 Å². The van der Waals surface area contributed by atoms with E-state index in [-0.39, 0.29) is 11.9 Å². The summed E-state index contributed by atoms with van der Waals surface area (Å²) >= 11 is 6.02. The second kappa shape index (κ2) is 8.76. The minimum Gasteiger partial charge on any atom is -0.352 e. The van der Waals surface area contributed by atoms with Gasteiger partial charge in [-0.3, -0.25) is 10.1 Å². The Hall–Kier alpha value is -2.70. The first-order chi connectivity index (χ1) is 14.1. The van der Waals surface area contributed by atoms with Crippen LogP contribution in [0.1, 0.15) is 41.6 Å². The first-order valence-electron chi connectivity index (χ1n) is 9.78. The summed E-state index contributed by atoms with van der Waals surface area (Å²) in [6.45, 7) is 0.450. The molecule has 2 N–H and O–H groups in total. The van der Waals surface area contributed by atoms with Crippen molar-refractivity contribution in [3.8, 4) is 0 Å². The molecule has 2 aromatic carbocycles. The van der Waals surface area contributed by atoms with Crippen molar-refractivity contribution in [3.05, 3.63) is 82.6 Å². The summed E-state index contributed by atoms with van der Waals surface area (Å²) < 4.78 is 0. The van der Waals surface area contributed by atoms with Crippen molar-refractivity contribution in [2.45, 2.75) is 37.4 Å². The highest BCUT2D eigenvalue weighted by molar-refractivity contribution is 6.30. The molecule has 1 aromatic heterocycles. The van der Waals surface area contributed by atoms with Crippen LogP contribution in [0.25, 0.3) is 0 Å². The molecule has 6 nitrogen and oxygen atoms in total. The zero-order chi connectivity index (χ0) is 20.2. The quantitative estimate of drug-likeness (QED) is 0.627. The average Bonchev–Trinajstić information content (AvgIpc) is 3.11. The molecule has 1 amide bonds. The zero-order valence-corrected chi connectivity index (χ0v) is 17.0. The summed E-state index contributed by atoms with van der Waals surface area (Å²) in [6.07, 6.45) is 3.63. The van der Waals surface area contributed by atoms with Crippen LogP contribution in [0.5, 0.6) is 0 Å². The summed E-state index contributed by atoms with van der Waals surface area (Å²) in [5.41, 5.74) is 3.00. The number of hydrogen-bond acceptors (Lipinski definition) is 4. The van der Waals surface area contributed by atoms with Gasteiger partial charge in [-0.15, -0.1) is 0 Å². The van der Waals surface area contributed by atoms with Crippen LogP contribution in [0.15, 0.2) is 60.8 Å². The Morgan fingerprint density at radius 3 is 2.55 bits per heavy atom. The van der Waals surface area contributed by atoms with Gasteiger partial charge in [-0.25, -0.2) is 0 Å². The first-order valence-corrected chi connectivity index (χ1v) is 10.2. The Morgan fingerprint density at radius 1 is 1.17 bits per heavy atom. The van der Waals surface area contributed by atoms with E-state index in [0.717, 1.165) is 24.1 Å². The summed E-state index contributed by atoms with van der Waals surface area (Å²) in [7, 11) is 1.77. The summed E-state index contributed by atoms with van der Waals surface area (Å²) in [5, 5.41) is 15.5. The van der Waals surface area contributed by atoms with Crippen LogP contribution in [-0.4, -0.2) is 26.9 Å². The van der Waals surface area contributed by atoms with Crippen molar-refractivity contribution in [1.29, 1.82) is 0 Å². The number of halogens is 1. The van der Waals surface area contributed by atoms with Gasteiger partial charge in [0.15, 0.2) is 0 Å². The third-order valence-corrected chi connectivity index (χ3v) is 5.61. The lowest BCUT2D eigenvalue weighted by Crippen LogP contribution is -2.47. The molecule has 150 valence electrons. The van der Waals surface area contributed by atoms with Crippen molar-refractivity contribution in [3.63, 3.8) is 0 Å². The number of carbonyl (C=O) groups is 1. The van der Waals surface area contributed by atoms with E-state index in [4.69, 9.17) is 11.6 Å². The number of aromatic nitrogens is 3. The third-order valence-electron chi connectivity index (χ3n) is 5.36. The predicted octanol–water partition coefficient (Wildman–Crippen LogP) is 3.36. The number of carbonyl (C=O) groups excluding carboxylic acids is 1. The Bertz CT molecular complexity index is 951. The van der Waals surface area contributed by atoms with Crippen molar-refractivity contribution < 1.29 is 4.79 Å². The molecule has 1 heterocycles. The standard InChI is InChI=1S/C22H24ClN5O/c1-28-25-14-20(27-28)13-24-21(16-7-9-18(23)10-8-16)22(29)26-19-11-17(12-19)15-5-3-2-4-6-15/h2-10,14,17,19,21,24H,11-13H2,1H3,(H,26,29)/t17?,19?,21-/m1/s1. The van der Waals surface area contributed by atoms with Crippen molar-refractivity contribution >= 4 is 17.5 Å². The molecule has 1 aliphatic carbocycles. The van der Waals surface area contributed by atoms with E-state index in [0.29, 0.717) is 17.5 Å². The Kier molecular flexibility index (Phi) is 5.92. The molecule has 3 aromatic rings. The van der Waals surface area contributed by atoms with Gasteiger partial charge >= 0.3 is 0 Å². The summed E-state index contributed by atoms with van der Waals surface area (Å²) in [5.74, 6) is 0.482. The molecule has 0 bridgehead atoms. The maximum atomic E-state index is 13.1. The number of hydrogen-bond donors (Lipinski definition) is 2. The molecule has 0 unspecified atom stereocenters. The largest absolute Gasteiger partial charge is 0.352 e. The monoisotopic (exact) mass is 409 g/mol. The molecule has 1 aliphatic rings. The average molecular weight is 410 g/mol. The molecule has 1 atom stereocenters. The fourth-order valence-electron chi connectivity index (χ4n) is 3.71. The minimum atomic E-state index is -0.481. The van der Waals surface area contributed by atoms with Crippen LogP contribution in [0.4, 0.5) is 0 Å². The normalized spacial score (nSPS) is 19.4. The Labute approximate surface area is 175 Å². The molecule has 1 saturated carbocycles. The lowest BCUT2D eigenvalue weighted by molar-refractivity contribution is -0.124. The van der Waals surface area contributed by atoms with Crippen LogP contribution in [0.2, 0.25) is 5.02 Å². The van der Waals surface area contributed by atoms with E-state index in [1.807, 2.05) is 18.2 Å². The van der Waals surface area contributed by atoms with E-state index in [9.17, 15) is 4.79 Å². The molecular weight excluding hydrogens is 386 g/mol. The molecule has 29 heavy (non-hydrogen) atoms. The van der Waals surface area contributed by atoms with Gasteiger partial charge < -0.3 is 5.32 Å². The Morgan fingerprint density at radius 2 is 1.90 bits per heavy atom. The minimum absolute atomic E-state index is 0.0345. The smallest absolute Gasteiger partial charge is 0.241 e. The SMILES string of the molecule is Cn1ncc(CN[C@@H](C(=O)NC2CC(c3ccccc3)C2)c2ccc(Cl)cc2)n1. The number of nitrogens with zero attached hydrogens (tertiary/aromatic N) is 3. The van der Waals surface area contributed by atoms with Crippen LogP contribution < -0.4 is 10.6 Å². The fourth-order valence-corrected chi connectivity index (χ4v) is 3.84. The van der Waals surface area contributed by atoms with Gasteiger partial charge in [-0.2, -0.15) is 15.0 Å². The molecular formula is C22H24ClN5O. The number of aryl methyl sites for hydroxylation is 1. The number of benzene rings is 2. The van der Waals surface area contributed by atoms with Gasteiger partial charge in [-0.05, 0) is 42.0 Å². The molecule has 0 saturated heterocycles. The molecule has 0 spiro atoms. The number of amides is 1. The second-order valence-electron chi connectivity index (χ2n) is 7.48. The highest BCUT2D eigenvalue weighted by Crippen LogP contribution is 2.37. The molecule has 4 rings (SSSR count). The molecule has 0 radical (unpaired) electrons. The molecule has 1 fully saturated rings. The lowest BCUT2D eigenvalue weighted by Gasteiger charge is -2.37. The van der Waals surface area contributed by atoms with Crippen LogP contribution in [0, 0.1) is 0 Å². The highest BCUT2D eigenvalue weighted by atomic mass is 35.5. The maximum absolute atomic E-state index is 13.1. The van der Waals surface area contributed by atoms with E-state index in [1.54, 1.807) is 25.4 Å². The number of rotatable bonds is 7. The van der Waals surface area contributed by atoms with Gasteiger partial charge in [0.05, 0.1) is 11.9 Å². The predicted molar refractivity (Wildman–Crippen MR) is 112 cm³/mol. The first kappa shape index (κ1) is 19.6. The Balaban J connectivity index is 1.40. The summed E-state index contributed by atoms with van der Waals surface area (Å²) in [6, 6.07) is 17.5. The van der Waals surface area contributed by atoms with Crippen LogP contribution in [0.3, 0.4) is 0 Å². The van der Waals surface area contributed by atoms with Crippen molar-refractivity contribution in [1.82, 2.24) is 25.6 Å². The fraction of sp³-hybridized carbons (Fsp3) is 0.318.